The number of piperidine rings is 1. The van der Waals surface area contributed by atoms with E-state index in [1.807, 2.05) is 6.07 Å². The first-order chi connectivity index (χ1) is 10.9. The SMILES string of the molecule is CC(=O)NCCc1ccc(S(=O)(=O)N2CCC[C@@H](C)[C@@H]2CN)s1. The van der Waals surface area contributed by atoms with Gasteiger partial charge in [0.25, 0.3) is 10.0 Å². The van der Waals surface area contributed by atoms with Crippen molar-refractivity contribution in [3.8, 4) is 0 Å². The highest BCUT2D eigenvalue weighted by Gasteiger charge is 2.37. The molecule has 0 aromatic carbocycles. The van der Waals surface area contributed by atoms with Crippen LogP contribution in [0.2, 0.25) is 0 Å². The topological polar surface area (TPSA) is 92.5 Å². The molecule has 1 aromatic heterocycles. The highest BCUT2D eigenvalue weighted by molar-refractivity contribution is 7.91. The predicted octanol–water partition coefficient (Wildman–Crippen LogP) is 1.17. The van der Waals surface area contributed by atoms with Crippen LogP contribution in [0.3, 0.4) is 0 Å². The van der Waals surface area contributed by atoms with E-state index in [4.69, 9.17) is 5.73 Å². The number of amides is 1. The second-order valence-corrected chi connectivity index (χ2v) is 9.28. The summed E-state index contributed by atoms with van der Waals surface area (Å²) in [5.74, 6) is 0.199. The van der Waals surface area contributed by atoms with Crippen LogP contribution in [0.4, 0.5) is 0 Å². The lowest BCUT2D eigenvalue weighted by Crippen LogP contribution is -2.51. The maximum Gasteiger partial charge on any atom is 0.252 e. The van der Waals surface area contributed by atoms with E-state index in [1.54, 1.807) is 10.4 Å². The summed E-state index contributed by atoms with van der Waals surface area (Å²) in [4.78, 5) is 11.8. The third kappa shape index (κ3) is 4.32. The number of rotatable bonds is 6. The van der Waals surface area contributed by atoms with Crippen LogP contribution in [0.5, 0.6) is 0 Å². The maximum atomic E-state index is 12.9. The van der Waals surface area contributed by atoms with E-state index in [0.29, 0.717) is 30.3 Å². The molecule has 6 nitrogen and oxygen atoms in total. The first-order valence-corrected chi connectivity index (χ1v) is 10.2. The van der Waals surface area contributed by atoms with Crippen molar-refractivity contribution in [2.75, 3.05) is 19.6 Å². The third-order valence-electron chi connectivity index (χ3n) is 4.25. The molecule has 0 unspecified atom stereocenters. The summed E-state index contributed by atoms with van der Waals surface area (Å²) in [6.45, 7) is 4.93. The normalized spacial score (nSPS) is 22.9. The Morgan fingerprint density at radius 1 is 1.48 bits per heavy atom. The first kappa shape index (κ1) is 18.4. The van der Waals surface area contributed by atoms with Gasteiger partial charge >= 0.3 is 0 Å². The zero-order chi connectivity index (χ0) is 17.0. The molecule has 3 N–H and O–H groups in total. The number of sulfonamides is 1. The summed E-state index contributed by atoms with van der Waals surface area (Å²) < 4.78 is 27.8. The Kier molecular flexibility index (Phi) is 6.19. The second kappa shape index (κ2) is 7.74. The zero-order valence-corrected chi connectivity index (χ0v) is 15.3. The molecular formula is C15H25N3O3S2. The average Bonchev–Trinajstić information content (AvgIpc) is 2.96. The van der Waals surface area contributed by atoms with Gasteiger partial charge in [-0.25, -0.2) is 8.42 Å². The van der Waals surface area contributed by atoms with Gasteiger partial charge in [0.05, 0.1) is 0 Å². The molecule has 1 aliphatic heterocycles. The zero-order valence-electron chi connectivity index (χ0n) is 13.6. The summed E-state index contributed by atoms with van der Waals surface area (Å²) >= 11 is 1.28. The molecule has 0 bridgehead atoms. The fraction of sp³-hybridized carbons (Fsp3) is 0.667. The average molecular weight is 360 g/mol. The standard InChI is InChI=1S/C15H25N3O3S2/c1-11-4-3-9-18(14(11)10-16)23(20,21)15-6-5-13(22-15)7-8-17-12(2)19/h5-6,11,14H,3-4,7-10,16H2,1-2H3,(H,17,19)/t11-,14+/m1/s1. The van der Waals surface area contributed by atoms with Gasteiger partial charge in [-0.15, -0.1) is 11.3 Å². The minimum Gasteiger partial charge on any atom is -0.356 e. The van der Waals surface area contributed by atoms with E-state index in [2.05, 4.69) is 12.2 Å². The molecule has 0 spiro atoms. The van der Waals surface area contributed by atoms with Crippen molar-refractivity contribution >= 4 is 27.3 Å². The third-order valence-corrected chi connectivity index (χ3v) is 7.79. The van der Waals surface area contributed by atoms with E-state index >= 15 is 0 Å². The minimum atomic E-state index is -3.49. The monoisotopic (exact) mass is 359 g/mol. The van der Waals surface area contributed by atoms with Gasteiger partial charge in [0.2, 0.25) is 5.91 Å². The number of carbonyl (C=O) groups is 1. The number of nitrogens with two attached hydrogens (primary N) is 1. The van der Waals surface area contributed by atoms with Crippen LogP contribution in [0.15, 0.2) is 16.3 Å². The van der Waals surface area contributed by atoms with Gasteiger partial charge in [-0.3, -0.25) is 4.79 Å². The number of carbonyl (C=O) groups excluding carboxylic acids is 1. The van der Waals surface area contributed by atoms with Crippen LogP contribution < -0.4 is 11.1 Å². The molecule has 0 aliphatic carbocycles. The molecule has 1 aliphatic rings. The van der Waals surface area contributed by atoms with Crippen molar-refractivity contribution in [1.82, 2.24) is 9.62 Å². The summed E-state index contributed by atoms with van der Waals surface area (Å²) in [5.41, 5.74) is 5.82. The van der Waals surface area contributed by atoms with Gasteiger partial charge in [0.15, 0.2) is 0 Å². The lowest BCUT2D eigenvalue weighted by molar-refractivity contribution is -0.118. The smallest absolute Gasteiger partial charge is 0.252 e. The molecule has 1 fully saturated rings. The Morgan fingerprint density at radius 3 is 2.87 bits per heavy atom. The summed E-state index contributed by atoms with van der Waals surface area (Å²) in [6.07, 6.45) is 2.52. The first-order valence-electron chi connectivity index (χ1n) is 7.91. The Balaban J connectivity index is 2.13. The van der Waals surface area contributed by atoms with Crippen molar-refractivity contribution in [2.24, 2.45) is 11.7 Å². The molecule has 0 radical (unpaired) electrons. The van der Waals surface area contributed by atoms with Gasteiger partial charge in [-0.05, 0) is 37.3 Å². The number of thiophene rings is 1. The maximum absolute atomic E-state index is 12.9. The fourth-order valence-corrected chi connectivity index (χ4v) is 6.22. The summed E-state index contributed by atoms with van der Waals surface area (Å²) in [5, 5.41) is 2.72. The molecule has 2 atom stereocenters. The molecule has 1 amide bonds. The van der Waals surface area contributed by atoms with E-state index in [0.717, 1.165) is 17.7 Å². The highest BCUT2D eigenvalue weighted by Crippen LogP contribution is 2.31. The molecule has 0 saturated carbocycles. The quantitative estimate of drug-likeness (QED) is 0.797. The van der Waals surface area contributed by atoms with Crippen LogP contribution >= 0.6 is 11.3 Å². The predicted molar refractivity (Wildman–Crippen MR) is 91.8 cm³/mol. The second-order valence-electron chi connectivity index (χ2n) is 5.99. The number of nitrogens with zero attached hydrogens (tertiary/aromatic N) is 1. The van der Waals surface area contributed by atoms with Crippen molar-refractivity contribution in [2.45, 2.75) is 43.4 Å². The Morgan fingerprint density at radius 2 is 2.22 bits per heavy atom. The van der Waals surface area contributed by atoms with Crippen LogP contribution in [0.1, 0.15) is 31.6 Å². The van der Waals surface area contributed by atoms with Crippen LogP contribution in [-0.2, 0) is 21.2 Å². The molecule has 23 heavy (non-hydrogen) atoms. The highest BCUT2D eigenvalue weighted by atomic mass is 32.2. The molecule has 1 saturated heterocycles. The lowest BCUT2D eigenvalue weighted by atomic mass is 9.93. The van der Waals surface area contributed by atoms with E-state index < -0.39 is 10.0 Å². The molecular weight excluding hydrogens is 334 g/mol. The molecule has 2 heterocycles. The Labute approximate surface area is 142 Å². The molecule has 2 rings (SSSR count). The summed E-state index contributed by atoms with van der Waals surface area (Å²) in [6, 6.07) is 3.36. The van der Waals surface area contributed by atoms with E-state index in [1.165, 1.54) is 18.3 Å². The largest absolute Gasteiger partial charge is 0.356 e. The van der Waals surface area contributed by atoms with Crippen molar-refractivity contribution in [1.29, 1.82) is 0 Å². The van der Waals surface area contributed by atoms with Crippen molar-refractivity contribution in [3.05, 3.63) is 17.0 Å². The van der Waals surface area contributed by atoms with E-state index in [9.17, 15) is 13.2 Å². The minimum absolute atomic E-state index is 0.0810. The van der Waals surface area contributed by atoms with Crippen molar-refractivity contribution < 1.29 is 13.2 Å². The Bertz CT molecular complexity index is 642. The van der Waals surface area contributed by atoms with Crippen LogP contribution in [0.25, 0.3) is 0 Å². The lowest BCUT2D eigenvalue weighted by Gasteiger charge is -2.37. The van der Waals surface area contributed by atoms with Crippen molar-refractivity contribution in [3.63, 3.8) is 0 Å². The number of hydrogen-bond acceptors (Lipinski definition) is 5. The van der Waals surface area contributed by atoms with Gasteiger partial charge < -0.3 is 11.1 Å². The number of hydrogen-bond donors (Lipinski definition) is 2. The van der Waals surface area contributed by atoms with Crippen LogP contribution in [0, 0.1) is 5.92 Å². The summed E-state index contributed by atoms with van der Waals surface area (Å²) in [7, 11) is -3.49. The number of nitrogens with one attached hydrogen (secondary N) is 1. The molecule has 8 heteroatoms. The van der Waals surface area contributed by atoms with Gasteiger partial charge in [-0.1, -0.05) is 6.92 Å². The Hall–Kier alpha value is -0.960. The van der Waals surface area contributed by atoms with Gasteiger partial charge in [0, 0.05) is 37.5 Å². The van der Waals surface area contributed by atoms with Gasteiger partial charge in [0.1, 0.15) is 4.21 Å². The molecule has 130 valence electrons. The fourth-order valence-electron chi connectivity index (χ4n) is 2.97. The van der Waals surface area contributed by atoms with Crippen LogP contribution in [-0.4, -0.2) is 44.3 Å². The van der Waals surface area contributed by atoms with Gasteiger partial charge in [-0.2, -0.15) is 4.31 Å². The molecule has 1 aromatic rings. The van der Waals surface area contributed by atoms with E-state index in [-0.39, 0.29) is 17.9 Å².